The van der Waals surface area contributed by atoms with Crippen molar-refractivity contribution in [3.63, 3.8) is 0 Å². The molecule has 0 aliphatic rings. The van der Waals surface area contributed by atoms with Crippen LogP contribution in [0.4, 0.5) is 14.5 Å². The average molecular weight is 288 g/mol. The van der Waals surface area contributed by atoms with Gasteiger partial charge in [0.2, 0.25) is 5.82 Å². The van der Waals surface area contributed by atoms with Crippen LogP contribution in [0.1, 0.15) is 17.3 Å². The predicted molar refractivity (Wildman–Crippen MR) is 66.5 cm³/mol. The normalized spacial score (nSPS) is 10.4. The van der Waals surface area contributed by atoms with Crippen LogP contribution in [0, 0.1) is 21.7 Å². The number of amides is 1. The fraction of sp³-hybridized carbons (Fsp3) is 0.417. The first-order valence-electron chi connectivity index (χ1n) is 5.85. The predicted octanol–water partition coefficient (Wildman–Crippen LogP) is 1.98. The standard InChI is InChI=1S/C12H14F2N2O4/c1-3-20-5-4-15(2)12(17)9-6-8(13)7-10(11(9)14)16(18)19/h6-7H,3-5H2,1-2H3. The summed E-state index contributed by atoms with van der Waals surface area (Å²) >= 11 is 0. The topological polar surface area (TPSA) is 72.7 Å². The Balaban J connectivity index is 3.01. The number of ether oxygens (including phenoxy) is 1. The van der Waals surface area contributed by atoms with E-state index in [1.807, 2.05) is 0 Å². The van der Waals surface area contributed by atoms with Crippen LogP contribution in [0.25, 0.3) is 0 Å². The number of nitro groups is 1. The van der Waals surface area contributed by atoms with Gasteiger partial charge in [0.1, 0.15) is 5.82 Å². The summed E-state index contributed by atoms with van der Waals surface area (Å²) in [5, 5.41) is 10.6. The highest BCUT2D eigenvalue weighted by atomic mass is 19.1. The Labute approximate surface area is 114 Å². The van der Waals surface area contributed by atoms with Crippen molar-refractivity contribution in [2.24, 2.45) is 0 Å². The Morgan fingerprint density at radius 3 is 2.65 bits per heavy atom. The monoisotopic (exact) mass is 288 g/mol. The molecular formula is C12H14F2N2O4. The van der Waals surface area contributed by atoms with Gasteiger partial charge in [-0.3, -0.25) is 14.9 Å². The molecular weight excluding hydrogens is 274 g/mol. The van der Waals surface area contributed by atoms with Crippen molar-refractivity contribution in [3.05, 3.63) is 39.4 Å². The number of likely N-dealkylation sites (N-methyl/N-ethyl adjacent to an activating group) is 1. The maximum absolute atomic E-state index is 13.8. The lowest BCUT2D eigenvalue weighted by atomic mass is 10.1. The minimum Gasteiger partial charge on any atom is -0.380 e. The summed E-state index contributed by atoms with van der Waals surface area (Å²) in [5.74, 6) is -3.23. The average Bonchev–Trinajstić information content (AvgIpc) is 2.40. The Morgan fingerprint density at radius 2 is 2.10 bits per heavy atom. The molecule has 1 aromatic rings. The minimum atomic E-state index is -1.34. The zero-order chi connectivity index (χ0) is 15.3. The molecule has 1 rings (SSSR count). The van der Waals surface area contributed by atoms with E-state index in [-0.39, 0.29) is 13.2 Å². The van der Waals surface area contributed by atoms with E-state index in [1.165, 1.54) is 7.05 Å². The van der Waals surface area contributed by atoms with Gasteiger partial charge in [0.25, 0.3) is 5.91 Å². The van der Waals surface area contributed by atoms with Crippen LogP contribution in [-0.4, -0.2) is 42.5 Å². The molecule has 0 atom stereocenters. The Hall–Kier alpha value is -2.09. The summed E-state index contributed by atoms with van der Waals surface area (Å²) < 4.78 is 32.1. The van der Waals surface area contributed by atoms with Crippen molar-refractivity contribution in [1.82, 2.24) is 4.90 Å². The number of rotatable bonds is 6. The van der Waals surface area contributed by atoms with Crippen molar-refractivity contribution >= 4 is 11.6 Å². The molecule has 8 heteroatoms. The smallest absolute Gasteiger partial charge is 0.308 e. The van der Waals surface area contributed by atoms with Crippen molar-refractivity contribution < 1.29 is 23.2 Å². The summed E-state index contributed by atoms with van der Waals surface area (Å²) in [4.78, 5) is 22.5. The molecule has 0 heterocycles. The summed E-state index contributed by atoms with van der Waals surface area (Å²) in [7, 11) is 1.37. The molecule has 20 heavy (non-hydrogen) atoms. The summed E-state index contributed by atoms with van der Waals surface area (Å²) in [6.07, 6.45) is 0. The van der Waals surface area contributed by atoms with E-state index >= 15 is 0 Å². The molecule has 0 aliphatic carbocycles. The first-order valence-corrected chi connectivity index (χ1v) is 5.85. The third kappa shape index (κ3) is 3.70. The molecule has 0 aromatic heterocycles. The van der Waals surface area contributed by atoms with Crippen LogP contribution in [0.2, 0.25) is 0 Å². The first-order chi connectivity index (χ1) is 9.38. The van der Waals surface area contributed by atoms with Crippen molar-refractivity contribution in [2.75, 3.05) is 26.8 Å². The molecule has 0 saturated heterocycles. The van der Waals surface area contributed by atoms with E-state index in [1.54, 1.807) is 6.92 Å². The van der Waals surface area contributed by atoms with Crippen molar-refractivity contribution in [2.45, 2.75) is 6.92 Å². The fourth-order valence-corrected chi connectivity index (χ4v) is 1.52. The number of carbonyl (C=O) groups is 1. The Kier molecular flexibility index (Phi) is 5.51. The van der Waals surface area contributed by atoms with E-state index < -0.39 is 33.7 Å². The van der Waals surface area contributed by atoms with E-state index in [0.29, 0.717) is 18.7 Å². The van der Waals surface area contributed by atoms with Gasteiger partial charge in [0, 0.05) is 20.2 Å². The molecule has 1 amide bonds. The quantitative estimate of drug-likeness (QED) is 0.456. The first kappa shape index (κ1) is 16.0. The second-order valence-corrected chi connectivity index (χ2v) is 3.97. The van der Waals surface area contributed by atoms with E-state index in [9.17, 15) is 23.7 Å². The van der Waals surface area contributed by atoms with E-state index in [4.69, 9.17) is 4.74 Å². The van der Waals surface area contributed by atoms with Gasteiger partial charge in [-0.1, -0.05) is 0 Å². The number of hydrogen-bond donors (Lipinski definition) is 0. The number of benzene rings is 1. The third-order valence-electron chi connectivity index (χ3n) is 2.57. The van der Waals surface area contributed by atoms with Crippen LogP contribution in [-0.2, 0) is 4.74 Å². The molecule has 0 unspecified atom stereocenters. The number of carbonyl (C=O) groups excluding carboxylic acids is 1. The molecule has 6 nitrogen and oxygen atoms in total. The Bertz CT molecular complexity index is 522. The number of nitrogens with zero attached hydrogens (tertiary/aromatic N) is 2. The Morgan fingerprint density at radius 1 is 1.45 bits per heavy atom. The van der Waals surface area contributed by atoms with Crippen LogP contribution in [0.5, 0.6) is 0 Å². The van der Waals surface area contributed by atoms with E-state index in [0.717, 1.165) is 4.90 Å². The van der Waals surface area contributed by atoms with Gasteiger partial charge < -0.3 is 9.64 Å². The van der Waals surface area contributed by atoms with Crippen molar-refractivity contribution in [3.8, 4) is 0 Å². The molecule has 0 saturated carbocycles. The summed E-state index contributed by atoms with van der Waals surface area (Å²) in [6.45, 7) is 2.63. The van der Waals surface area contributed by atoms with Crippen LogP contribution in [0.15, 0.2) is 12.1 Å². The fourth-order valence-electron chi connectivity index (χ4n) is 1.52. The second-order valence-electron chi connectivity index (χ2n) is 3.97. The van der Waals surface area contributed by atoms with Crippen molar-refractivity contribution in [1.29, 1.82) is 0 Å². The lowest BCUT2D eigenvalue weighted by Crippen LogP contribution is -2.31. The van der Waals surface area contributed by atoms with Crippen LogP contribution in [0.3, 0.4) is 0 Å². The zero-order valence-electron chi connectivity index (χ0n) is 11.1. The van der Waals surface area contributed by atoms with Gasteiger partial charge >= 0.3 is 5.69 Å². The second kappa shape index (κ2) is 6.90. The lowest BCUT2D eigenvalue weighted by molar-refractivity contribution is -0.387. The van der Waals surface area contributed by atoms with Crippen LogP contribution < -0.4 is 0 Å². The van der Waals surface area contributed by atoms with Gasteiger partial charge in [-0.25, -0.2) is 4.39 Å². The highest BCUT2D eigenvalue weighted by molar-refractivity contribution is 5.95. The molecule has 0 radical (unpaired) electrons. The minimum absolute atomic E-state index is 0.163. The van der Waals surface area contributed by atoms with Crippen LogP contribution >= 0.6 is 0 Å². The lowest BCUT2D eigenvalue weighted by Gasteiger charge is -2.17. The molecule has 0 aliphatic heterocycles. The number of nitro benzene ring substituents is 1. The number of halogens is 2. The maximum atomic E-state index is 13.8. The zero-order valence-corrected chi connectivity index (χ0v) is 11.1. The van der Waals surface area contributed by atoms with Gasteiger partial charge in [-0.05, 0) is 13.0 Å². The number of hydrogen-bond acceptors (Lipinski definition) is 4. The van der Waals surface area contributed by atoms with Gasteiger partial charge in [0.15, 0.2) is 0 Å². The molecule has 0 bridgehead atoms. The SMILES string of the molecule is CCOCCN(C)C(=O)c1cc(F)cc([N+](=O)[O-])c1F. The highest BCUT2D eigenvalue weighted by Gasteiger charge is 2.25. The van der Waals surface area contributed by atoms with E-state index in [2.05, 4.69) is 0 Å². The van der Waals surface area contributed by atoms with Gasteiger partial charge in [-0.15, -0.1) is 0 Å². The third-order valence-corrected chi connectivity index (χ3v) is 2.57. The highest BCUT2D eigenvalue weighted by Crippen LogP contribution is 2.23. The molecule has 0 fully saturated rings. The molecule has 0 spiro atoms. The molecule has 1 aromatic carbocycles. The van der Waals surface area contributed by atoms with Gasteiger partial charge in [0.05, 0.1) is 23.2 Å². The maximum Gasteiger partial charge on any atom is 0.308 e. The molecule has 0 N–H and O–H groups in total. The summed E-state index contributed by atoms with van der Waals surface area (Å²) in [6, 6.07) is 1.08. The van der Waals surface area contributed by atoms with Gasteiger partial charge in [-0.2, -0.15) is 4.39 Å². The largest absolute Gasteiger partial charge is 0.380 e. The summed E-state index contributed by atoms with van der Waals surface area (Å²) in [5.41, 5.74) is -1.73. The molecule has 110 valence electrons.